The second kappa shape index (κ2) is 9.30. The van der Waals surface area contributed by atoms with Crippen LogP contribution in [0.25, 0.3) is 43.6 Å². The van der Waals surface area contributed by atoms with Gasteiger partial charge in [0.2, 0.25) is 0 Å². The largest absolute Gasteiger partial charge is 0.339 e. The Bertz CT molecular complexity index is 1800. The van der Waals surface area contributed by atoms with Gasteiger partial charge in [0.1, 0.15) is 0 Å². The monoisotopic (exact) mass is 590 g/mol. The van der Waals surface area contributed by atoms with Gasteiger partial charge in [-0.15, -0.1) is 0 Å². The average Bonchev–Trinajstić information content (AvgIpc) is 3.83. The van der Waals surface area contributed by atoms with Gasteiger partial charge in [-0.2, -0.15) is 0 Å². The first kappa shape index (κ1) is 23.5. The van der Waals surface area contributed by atoms with Crippen molar-refractivity contribution in [3.05, 3.63) is 81.8 Å². The summed E-state index contributed by atoms with van der Waals surface area (Å²) >= 11 is 16.0. The van der Waals surface area contributed by atoms with E-state index in [1.165, 1.54) is 69.3 Å². The summed E-state index contributed by atoms with van der Waals surface area (Å²) in [5.41, 5.74) is 4.93. The summed E-state index contributed by atoms with van der Waals surface area (Å²) in [5.74, 6) is 1.67. The molecule has 0 atom stereocenters. The van der Waals surface area contributed by atoms with E-state index in [2.05, 4.69) is 59.3 Å². The zero-order valence-electron chi connectivity index (χ0n) is 20.2. The number of fused-ring (bicyclic) bond motifs is 6. The van der Waals surface area contributed by atoms with Crippen molar-refractivity contribution < 1.29 is 0 Å². The molecule has 0 bridgehead atoms. The lowest BCUT2D eigenvalue weighted by atomic mass is 10.2. The lowest BCUT2D eigenvalue weighted by Gasteiger charge is -2.07. The molecule has 2 aliphatic carbocycles. The van der Waals surface area contributed by atoms with Crippen molar-refractivity contribution in [2.45, 2.75) is 38.8 Å². The van der Waals surface area contributed by atoms with Gasteiger partial charge >= 0.3 is 0 Å². The fourth-order valence-corrected chi connectivity index (χ4v) is 6.61. The molecule has 2 aliphatic rings. The number of halogens is 3. The van der Waals surface area contributed by atoms with Gasteiger partial charge in [0, 0.05) is 67.1 Å². The molecule has 0 unspecified atom stereocenters. The Morgan fingerprint density at radius 1 is 0.676 bits per heavy atom. The Labute approximate surface area is 233 Å². The second-order valence-electron chi connectivity index (χ2n) is 10.3. The lowest BCUT2D eigenvalue weighted by molar-refractivity contribution is 0.663. The van der Waals surface area contributed by atoms with E-state index in [1.807, 2.05) is 43.0 Å². The predicted octanol–water partition coefficient (Wildman–Crippen LogP) is 9.27. The van der Waals surface area contributed by atoms with Crippen LogP contribution in [0, 0.1) is 11.8 Å². The predicted molar refractivity (Wildman–Crippen MR) is 158 cm³/mol. The van der Waals surface area contributed by atoms with Crippen molar-refractivity contribution in [3.8, 4) is 0 Å². The highest BCUT2D eigenvalue weighted by molar-refractivity contribution is 9.10. The minimum absolute atomic E-state index is 0.765. The molecule has 186 valence electrons. The van der Waals surface area contributed by atoms with Crippen LogP contribution < -0.4 is 0 Å². The Morgan fingerprint density at radius 2 is 1.27 bits per heavy atom. The minimum atomic E-state index is 0.765. The molecule has 4 nitrogen and oxygen atoms in total. The van der Waals surface area contributed by atoms with Crippen molar-refractivity contribution in [3.63, 3.8) is 0 Å². The van der Waals surface area contributed by atoms with Gasteiger partial charge in [-0.1, -0.05) is 23.2 Å². The standard InChI is InChI=1S/C15H12BrClN2.C15H13ClN2/c16-13-6-10(17)5-12-11-3-4-18-7-14(11)19(15(12)13)8-9-1-2-9;16-11-3-4-14-13(7-11)12-5-6-17-8-15(12)18(14)9-10-1-2-10/h3-7,9H,1-2,8H2;3-8,10H,1-2,9H2. The van der Waals surface area contributed by atoms with Crippen molar-refractivity contribution in [1.82, 2.24) is 19.1 Å². The summed E-state index contributed by atoms with van der Waals surface area (Å²) in [5, 5.41) is 6.49. The molecule has 0 aliphatic heterocycles. The van der Waals surface area contributed by atoms with E-state index in [4.69, 9.17) is 23.2 Å². The summed E-state index contributed by atoms with van der Waals surface area (Å²) in [4.78, 5) is 8.54. The minimum Gasteiger partial charge on any atom is -0.339 e. The molecule has 2 saturated carbocycles. The zero-order chi connectivity index (χ0) is 25.1. The maximum Gasteiger partial charge on any atom is 0.0678 e. The van der Waals surface area contributed by atoms with Crippen LogP contribution in [0.4, 0.5) is 0 Å². The first-order valence-electron chi connectivity index (χ1n) is 12.8. The molecule has 37 heavy (non-hydrogen) atoms. The van der Waals surface area contributed by atoms with Crippen LogP contribution in [0.3, 0.4) is 0 Å². The number of nitrogens with zero attached hydrogens (tertiary/aromatic N) is 4. The molecular formula is C30H25BrCl2N4. The van der Waals surface area contributed by atoms with Gasteiger partial charge < -0.3 is 9.13 Å². The lowest BCUT2D eigenvalue weighted by Crippen LogP contribution is -1.99. The number of benzene rings is 2. The third-order valence-electron chi connectivity index (χ3n) is 7.58. The Morgan fingerprint density at radius 3 is 1.95 bits per heavy atom. The van der Waals surface area contributed by atoms with Crippen LogP contribution in [0.1, 0.15) is 25.7 Å². The molecule has 8 rings (SSSR count). The molecule has 6 aromatic rings. The Hall–Kier alpha value is -2.60. The van der Waals surface area contributed by atoms with E-state index >= 15 is 0 Å². The maximum atomic E-state index is 6.20. The van der Waals surface area contributed by atoms with Crippen molar-refractivity contribution >= 4 is 82.7 Å². The van der Waals surface area contributed by atoms with Gasteiger partial charge in [-0.25, -0.2) is 0 Å². The Kier molecular flexibility index (Phi) is 5.91. The van der Waals surface area contributed by atoms with Gasteiger partial charge in [0.05, 0.1) is 28.9 Å². The third kappa shape index (κ3) is 4.41. The van der Waals surface area contributed by atoms with Crippen LogP contribution in [0.2, 0.25) is 10.0 Å². The molecule has 2 fully saturated rings. The number of rotatable bonds is 4. The fraction of sp³-hybridized carbons (Fsp3) is 0.267. The Balaban J connectivity index is 0.000000125. The summed E-state index contributed by atoms with van der Waals surface area (Å²) in [6.45, 7) is 2.18. The van der Waals surface area contributed by atoms with E-state index < -0.39 is 0 Å². The molecule has 7 heteroatoms. The highest BCUT2D eigenvalue weighted by Crippen LogP contribution is 2.39. The van der Waals surface area contributed by atoms with Crippen molar-refractivity contribution in [2.24, 2.45) is 11.8 Å². The van der Waals surface area contributed by atoms with Crippen LogP contribution in [-0.2, 0) is 13.1 Å². The van der Waals surface area contributed by atoms with E-state index in [1.54, 1.807) is 0 Å². The molecule has 0 radical (unpaired) electrons. The first-order valence-corrected chi connectivity index (χ1v) is 14.3. The summed E-state index contributed by atoms with van der Waals surface area (Å²) in [6.07, 6.45) is 13.0. The third-order valence-corrected chi connectivity index (χ3v) is 8.64. The smallest absolute Gasteiger partial charge is 0.0678 e. The van der Waals surface area contributed by atoms with E-state index in [0.717, 1.165) is 39.4 Å². The van der Waals surface area contributed by atoms with Gasteiger partial charge in [-0.05, 0) is 95.9 Å². The number of hydrogen-bond acceptors (Lipinski definition) is 2. The molecule has 0 saturated heterocycles. The van der Waals surface area contributed by atoms with Gasteiger partial charge in [0.25, 0.3) is 0 Å². The number of pyridine rings is 2. The molecule has 2 aromatic carbocycles. The number of hydrogen-bond donors (Lipinski definition) is 0. The quantitative estimate of drug-likeness (QED) is 0.205. The molecule has 4 heterocycles. The summed E-state index contributed by atoms with van der Waals surface area (Å²) in [7, 11) is 0. The maximum absolute atomic E-state index is 6.20. The fourth-order valence-electron chi connectivity index (χ4n) is 5.42. The zero-order valence-corrected chi connectivity index (χ0v) is 23.3. The first-order chi connectivity index (χ1) is 18.1. The normalized spacial score (nSPS) is 15.5. The van der Waals surface area contributed by atoms with Crippen LogP contribution in [0.5, 0.6) is 0 Å². The summed E-state index contributed by atoms with van der Waals surface area (Å²) < 4.78 is 5.84. The van der Waals surface area contributed by atoms with Gasteiger partial charge in [-0.3, -0.25) is 9.97 Å². The molecule has 0 N–H and O–H groups in total. The van der Waals surface area contributed by atoms with Crippen LogP contribution in [-0.4, -0.2) is 19.1 Å². The van der Waals surface area contributed by atoms with Crippen molar-refractivity contribution in [2.75, 3.05) is 0 Å². The van der Waals surface area contributed by atoms with Crippen molar-refractivity contribution in [1.29, 1.82) is 0 Å². The molecule has 0 spiro atoms. The molecule has 0 amide bonds. The second-order valence-corrected chi connectivity index (χ2v) is 12.1. The van der Waals surface area contributed by atoms with E-state index in [9.17, 15) is 0 Å². The number of aromatic nitrogens is 4. The van der Waals surface area contributed by atoms with Crippen LogP contribution >= 0.6 is 39.1 Å². The SMILES string of the molecule is Clc1cc(Br)c2c(c1)c1ccncc1n2CC1CC1.Clc1ccc2c(c1)c1ccncc1n2CC1CC1. The molecular weight excluding hydrogens is 567 g/mol. The molecule has 4 aromatic heterocycles. The van der Waals surface area contributed by atoms with E-state index in [-0.39, 0.29) is 0 Å². The van der Waals surface area contributed by atoms with Gasteiger partial charge in [0.15, 0.2) is 0 Å². The highest BCUT2D eigenvalue weighted by Gasteiger charge is 2.25. The van der Waals surface area contributed by atoms with E-state index in [0.29, 0.717) is 0 Å². The topological polar surface area (TPSA) is 35.6 Å². The highest BCUT2D eigenvalue weighted by atomic mass is 79.9. The summed E-state index contributed by atoms with van der Waals surface area (Å²) in [6, 6.07) is 14.3. The van der Waals surface area contributed by atoms with Crippen LogP contribution in [0.15, 0.2) is 71.7 Å². The average molecular weight is 592 g/mol.